The van der Waals surface area contributed by atoms with E-state index in [2.05, 4.69) is 221 Å². The SMILES string of the molecule is c1ccc(-c2cc3c4c(c2)N(c2ccccc2)c2cc(-c5ccccc5)c5c6c2B4c2c(cc(-c4ccccc4)cc2N6c2ccccc2O5)N3c2ccccc2)cc1. The first-order chi connectivity index (χ1) is 29.3. The molecule has 0 N–H and O–H groups in total. The van der Waals surface area contributed by atoms with Crippen molar-refractivity contribution >= 4 is 74.3 Å². The molecule has 5 heteroatoms. The summed E-state index contributed by atoms with van der Waals surface area (Å²) in [6, 6.07) is 74.8. The van der Waals surface area contributed by atoms with Gasteiger partial charge in [-0.3, -0.25) is 0 Å². The number of rotatable bonds is 5. The van der Waals surface area contributed by atoms with Gasteiger partial charge in [0.25, 0.3) is 6.71 Å². The van der Waals surface area contributed by atoms with Gasteiger partial charge in [-0.25, -0.2) is 0 Å². The molecule has 274 valence electrons. The van der Waals surface area contributed by atoms with Crippen molar-refractivity contribution in [2.75, 3.05) is 14.7 Å². The average Bonchev–Trinajstić information content (AvgIpc) is 3.31. The summed E-state index contributed by atoms with van der Waals surface area (Å²) in [6.45, 7) is -0.0711. The zero-order valence-electron chi connectivity index (χ0n) is 32.0. The molecule has 0 amide bonds. The first kappa shape index (κ1) is 32.3. The van der Waals surface area contributed by atoms with Crippen LogP contribution in [0.4, 0.5) is 51.2 Å². The van der Waals surface area contributed by atoms with Crippen LogP contribution in [0.2, 0.25) is 0 Å². The first-order valence-corrected chi connectivity index (χ1v) is 20.3. The van der Waals surface area contributed by atoms with Crippen LogP contribution in [0.5, 0.6) is 11.5 Å². The molecule has 59 heavy (non-hydrogen) atoms. The summed E-state index contributed by atoms with van der Waals surface area (Å²) < 4.78 is 7.18. The van der Waals surface area contributed by atoms with Crippen molar-refractivity contribution in [3.05, 3.63) is 206 Å². The van der Waals surface area contributed by atoms with E-state index >= 15 is 0 Å². The first-order valence-electron chi connectivity index (χ1n) is 20.3. The Labute approximate surface area is 343 Å². The fourth-order valence-electron chi connectivity index (χ4n) is 10.1. The third-order valence-electron chi connectivity index (χ3n) is 12.5. The monoisotopic (exact) mass is 751 g/mol. The zero-order valence-corrected chi connectivity index (χ0v) is 32.0. The molecule has 0 aliphatic carbocycles. The number of hydrogen-bond donors (Lipinski definition) is 0. The molecule has 4 nitrogen and oxygen atoms in total. The van der Waals surface area contributed by atoms with E-state index in [0.717, 1.165) is 51.1 Å². The lowest BCUT2D eigenvalue weighted by Gasteiger charge is -2.51. The largest absolute Gasteiger partial charge is 0.452 e. The van der Waals surface area contributed by atoms with Crippen molar-refractivity contribution < 1.29 is 4.74 Å². The highest BCUT2D eigenvalue weighted by Gasteiger charge is 2.52. The molecule has 0 bridgehead atoms. The molecular weight excluding hydrogens is 717 g/mol. The fraction of sp³-hybridized carbons (Fsp3) is 0. The Morgan fingerprint density at radius 2 is 0.729 bits per heavy atom. The van der Waals surface area contributed by atoms with Crippen molar-refractivity contribution in [2.45, 2.75) is 0 Å². The van der Waals surface area contributed by atoms with E-state index in [-0.39, 0.29) is 6.71 Å². The van der Waals surface area contributed by atoms with Crippen LogP contribution in [-0.2, 0) is 0 Å². The lowest BCUT2D eigenvalue weighted by Crippen LogP contribution is -2.65. The Kier molecular flexibility index (Phi) is 6.78. The fourth-order valence-corrected chi connectivity index (χ4v) is 10.1. The van der Waals surface area contributed by atoms with Crippen LogP contribution in [0.25, 0.3) is 33.4 Å². The Bertz CT molecular complexity index is 3100. The van der Waals surface area contributed by atoms with Gasteiger partial charge in [0.05, 0.1) is 11.4 Å². The van der Waals surface area contributed by atoms with Crippen LogP contribution in [0.3, 0.4) is 0 Å². The van der Waals surface area contributed by atoms with Crippen molar-refractivity contribution in [2.24, 2.45) is 0 Å². The van der Waals surface area contributed by atoms with Gasteiger partial charge in [-0.2, -0.15) is 0 Å². The molecule has 4 heterocycles. The van der Waals surface area contributed by atoms with Crippen LogP contribution >= 0.6 is 0 Å². The van der Waals surface area contributed by atoms with E-state index in [1.165, 1.54) is 61.4 Å². The third kappa shape index (κ3) is 4.61. The third-order valence-corrected chi connectivity index (χ3v) is 12.5. The minimum absolute atomic E-state index is 0.0711. The molecule has 0 saturated carbocycles. The molecule has 4 aliphatic heterocycles. The molecule has 0 radical (unpaired) electrons. The molecule has 13 rings (SSSR count). The molecule has 9 aromatic carbocycles. The topological polar surface area (TPSA) is 19.0 Å². The maximum Gasteiger partial charge on any atom is 0.257 e. The summed E-state index contributed by atoms with van der Waals surface area (Å²) in [5.74, 6) is 1.73. The standard InChI is InChI=1S/C54H34BN3O/c1-6-18-35(19-7-1)38-30-44-50-45(31-38)57(41-26-14-5-15-27-41)48-34-42(37-22-10-3-11-23-37)54-53-52(48)55(50)51-46(56(44)40-24-12-4-13-25-40)32-39(36-20-8-2-9-21-36)33-47(51)58(53)43-28-16-17-29-49(43)59-54/h1-34H. The Hall–Kier alpha value is -7.76. The van der Waals surface area contributed by atoms with Gasteiger partial charge >= 0.3 is 0 Å². The van der Waals surface area contributed by atoms with Crippen LogP contribution in [0.15, 0.2) is 206 Å². The lowest BCUT2D eigenvalue weighted by atomic mass is 9.31. The summed E-state index contributed by atoms with van der Waals surface area (Å²) in [7, 11) is 0. The van der Waals surface area contributed by atoms with E-state index in [9.17, 15) is 0 Å². The minimum Gasteiger partial charge on any atom is -0.452 e. The van der Waals surface area contributed by atoms with E-state index in [4.69, 9.17) is 4.74 Å². The number of benzene rings is 9. The zero-order chi connectivity index (χ0) is 38.6. The molecule has 0 unspecified atom stereocenters. The number of nitrogens with zero attached hydrogens (tertiary/aromatic N) is 3. The number of anilines is 9. The van der Waals surface area contributed by atoms with E-state index in [1.807, 2.05) is 0 Å². The second-order valence-corrected chi connectivity index (χ2v) is 15.7. The van der Waals surface area contributed by atoms with Gasteiger partial charge in [-0.15, -0.1) is 0 Å². The van der Waals surface area contributed by atoms with Crippen molar-refractivity contribution in [3.63, 3.8) is 0 Å². The van der Waals surface area contributed by atoms with Gasteiger partial charge in [0.2, 0.25) is 0 Å². The highest BCUT2D eigenvalue weighted by Crippen LogP contribution is 2.59. The van der Waals surface area contributed by atoms with Crippen LogP contribution in [0, 0.1) is 0 Å². The van der Waals surface area contributed by atoms with Crippen molar-refractivity contribution in [3.8, 4) is 44.9 Å². The summed E-state index contributed by atoms with van der Waals surface area (Å²) >= 11 is 0. The van der Waals surface area contributed by atoms with Crippen LogP contribution in [0.1, 0.15) is 0 Å². The summed E-state index contributed by atoms with van der Waals surface area (Å²) in [6.07, 6.45) is 0. The minimum atomic E-state index is -0.0711. The van der Waals surface area contributed by atoms with Gasteiger partial charge in [0.15, 0.2) is 11.5 Å². The second-order valence-electron chi connectivity index (χ2n) is 15.7. The number of fused-ring (bicyclic) bond motifs is 3. The quantitative estimate of drug-likeness (QED) is 0.163. The van der Waals surface area contributed by atoms with E-state index in [0.29, 0.717) is 0 Å². The Morgan fingerprint density at radius 1 is 0.322 bits per heavy atom. The molecule has 0 atom stereocenters. The highest BCUT2D eigenvalue weighted by atomic mass is 16.5. The molecule has 0 saturated heterocycles. The number of ether oxygens (including phenoxy) is 1. The Balaban J connectivity index is 1.24. The van der Waals surface area contributed by atoms with Crippen molar-refractivity contribution in [1.82, 2.24) is 0 Å². The predicted octanol–water partition coefficient (Wildman–Crippen LogP) is 12.7. The maximum atomic E-state index is 7.18. The van der Waals surface area contributed by atoms with Gasteiger partial charge in [0.1, 0.15) is 0 Å². The smallest absolute Gasteiger partial charge is 0.257 e. The molecular formula is C54H34BN3O. The van der Waals surface area contributed by atoms with E-state index in [1.54, 1.807) is 0 Å². The Morgan fingerprint density at radius 3 is 1.24 bits per heavy atom. The summed E-state index contributed by atoms with van der Waals surface area (Å²) in [5.41, 5.74) is 21.0. The normalized spacial score (nSPS) is 13.4. The summed E-state index contributed by atoms with van der Waals surface area (Å²) in [4.78, 5) is 7.56. The average molecular weight is 752 g/mol. The molecule has 4 aliphatic rings. The highest BCUT2D eigenvalue weighted by molar-refractivity contribution is 7.02. The van der Waals surface area contributed by atoms with E-state index < -0.39 is 0 Å². The predicted molar refractivity (Wildman–Crippen MR) is 245 cm³/mol. The molecule has 0 fully saturated rings. The van der Waals surface area contributed by atoms with Gasteiger partial charge in [-0.1, -0.05) is 140 Å². The van der Waals surface area contributed by atoms with Crippen molar-refractivity contribution in [1.29, 1.82) is 0 Å². The van der Waals surface area contributed by atoms with Gasteiger partial charge < -0.3 is 19.4 Å². The lowest BCUT2D eigenvalue weighted by molar-refractivity contribution is 0.479. The number of hydrogen-bond acceptors (Lipinski definition) is 4. The number of para-hydroxylation sites is 4. The van der Waals surface area contributed by atoms with Crippen LogP contribution < -0.4 is 35.8 Å². The second kappa shape index (κ2) is 12.4. The molecule has 9 aromatic rings. The molecule has 0 spiro atoms. The van der Waals surface area contributed by atoms with Crippen LogP contribution in [-0.4, -0.2) is 6.71 Å². The van der Waals surface area contributed by atoms with Gasteiger partial charge in [-0.05, 0) is 111 Å². The molecule has 0 aromatic heterocycles. The maximum absolute atomic E-state index is 7.18. The summed E-state index contributed by atoms with van der Waals surface area (Å²) in [5, 5.41) is 0. The van der Waals surface area contributed by atoms with Gasteiger partial charge in [0, 0.05) is 45.4 Å².